The molecule has 2 aromatic carbocycles. The van der Waals surface area contributed by atoms with Crippen LogP contribution in [0, 0.1) is 11.8 Å². The Bertz CT molecular complexity index is 865. The fourth-order valence-electron chi connectivity index (χ4n) is 1.84. The lowest BCUT2D eigenvalue weighted by molar-refractivity contribution is 0.141. The Hall–Kier alpha value is -2.78. The Morgan fingerprint density at radius 2 is 1.88 bits per heavy atom. The number of amides is 1. The van der Waals surface area contributed by atoms with Gasteiger partial charge in [-0.3, -0.25) is 0 Å². The molecule has 1 N–H and O–H groups in total. The average Bonchev–Trinajstić information content (AvgIpc) is 2.57. The van der Waals surface area contributed by atoms with Crippen LogP contribution in [0.15, 0.2) is 59.5 Å². The highest BCUT2D eigenvalue weighted by molar-refractivity contribution is 7.90. The van der Waals surface area contributed by atoms with Crippen molar-refractivity contribution in [2.24, 2.45) is 0 Å². The number of alkyl carbamates (subject to hydrolysis) is 1. The average molecular weight is 343 g/mol. The fraction of sp³-hybridized carbons (Fsp3) is 0.167. The molecule has 124 valence electrons. The van der Waals surface area contributed by atoms with Crippen LogP contribution in [0.1, 0.15) is 11.1 Å². The molecule has 1 amide bonds. The van der Waals surface area contributed by atoms with E-state index in [-0.39, 0.29) is 18.0 Å². The second-order valence-corrected chi connectivity index (χ2v) is 7.03. The number of ether oxygens (including phenoxy) is 1. The second kappa shape index (κ2) is 8.18. The van der Waals surface area contributed by atoms with Gasteiger partial charge in [-0.2, -0.15) is 0 Å². The maximum Gasteiger partial charge on any atom is 0.408 e. The SMILES string of the molecule is CS(=O)(=O)c1cccc(C#CCNC(=O)OCc2ccccc2)c1. The molecule has 0 aliphatic rings. The predicted octanol–water partition coefficient (Wildman–Crippen LogP) is 2.37. The van der Waals surface area contributed by atoms with Crippen molar-refractivity contribution in [2.75, 3.05) is 12.8 Å². The molecule has 0 bridgehead atoms. The van der Waals surface area contributed by atoms with E-state index in [4.69, 9.17) is 4.74 Å². The van der Waals surface area contributed by atoms with Gasteiger partial charge in [0, 0.05) is 11.8 Å². The van der Waals surface area contributed by atoms with Gasteiger partial charge in [0.1, 0.15) is 6.61 Å². The number of hydrogen-bond acceptors (Lipinski definition) is 4. The molecule has 0 saturated heterocycles. The molecule has 0 aliphatic heterocycles. The summed E-state index contributed by atoms with van der Waals surface area (Å²) < 4.78 is 28.0. The monoisotopic (exact) mass is 343 g/mol. The first-order valence-corrected chi connectivity index (χ1v) is 9.08. The molecule has 0 radical (unpaired) electrons. The van der Waals surface area contributed by atoms with E-state index in [0.717, 1.165) is 11.8 Å². The van der Waals surface area contributed by atoms with Crippen LogP contribution in [0.25, 0.3) is 0 Å². The van der Waals surface area contributed by atoms with E-state index < -0.39 is 15.9 Å². The summed E-state index contributed by atoms with van der Waals surface area (Å²) in [6.07, 6.45) is 0.585. The number of sulfone groups is 1. The van der Waals surface area contributed by atoms with Crippen molar-refractivity contribution in [3.63, 3.8) is 0 Å². The molecule has 6 heteroatoms. The lowest BCUT2D eigenvalue weighted by Gasteiger charge is -2.04. The zero-order valence-corrected chi connectivity index (χ0v) is 14.0. The normalized spacial score (nSPS) is 10.4. The number of carbonyl (C=O) groups excluding carboxylic acids is 1. The van der Waals surface area contributed by atoms with Crippen LogP contribution >= 0.6 is 0 Å². The third-order valence-electron chi connectivity index (χ3n) is 3.03. The largest absolute Gasteiger partial charge is 0.445 e. The van der Waals surface area contributed by atoms with Crippen molar-refractivity contribution in [3.8, 4) is 11.8 Å². The minimum Gasteiger partial charge on any atom is -0.445 e. The molecule has 0 spiro atoms. The van der Waals surface area contributed by atoms with E-state index in [9.17, 15) is 13.2 Å². The standard InChI is InChI=1S/C18H17NO4S/c1-24(21,22)17-11-5-9-15(13-17)10-6-12-19-18(20)23-14-16-7-3-2-4-8-16/h2-5,7-9,11,13H,12,14H2,1H3,(H,19,20). The molecule has 0 atom stereocenters. The van der Waals surface area contributed by atoms with Gasteiger partial charge in [-0.05, 0) is 23.8 Å². The molecular weight excluding hydrogens is 326 g/mol. The van der Waals surface area contributed by atoms with Gasteiger partial charge in [0.05, 0.1) is 11.4 Å². The molecule has 0 fully saturated rings. The lowest BCUT2D eigenvalue weighted by Crippen LogP contribution is -2.24. The fourth-order valence-corrected chi connectivity index (χ4v) is 2.51. The van der Waals surface area contributed by atoms with E-state index in [0.29, 0.717) is 5.56 Å². The third-order valence-corrected chi connectivity index (χ3v) is 4.14. The van der Waals surface area contributed by atoms with Gasteiger partial charge in [-0.25, -0.2) is 13.2 Å². The van der Waals surface area contributed by atoms with Crippen LogP contribution in [0.4, 0.5) is 4.79 Å². The smallest absolute Gasteiger partial charge is 0.408 e. The molecule has 0 aliphatic carbocycles. The molecule has 0 saturated carbocycles. The molecule has 24 heavy (non-hydrogen) atoms. The Morgan fingerprint density at radius 3 is 2.58 bits per heavy atom. The summed E-state index contributed by atoms with van der Waals surface area (Å²) in [6, 6.07) is 15.7. The summed E-state index contributed by atoms with van der Waals surface area (Å²) >= 11 is 0. The van der Waals surface area contributed by atoms with Crippen molar-refractivity contribution < 1.29 is 17.9 Å². The zero-order valence-electron chi connectivity index (χ0n) is 13.2. The van der Waals surface area contributed by atoms with Crippen molar-refractivity contribution in [3.05, 3.63) is 65.7 Å². The second-order valence-electron chi connectivity index (χ2n) is 5.02. The summed E-state index contributed by atoms with van der Waals surface area (Å²) in [4.78, 5) is 11.7. The van der Waals surface area contributed by atoms with Gasteiger partial charge in [0.15, 0.2) is 9.84 Å². The topological polar surface area (TPSA) is 72.5 Å². The number of nitrogens with one attached hydrogen (secondary N) is 1. The number of rotatable bonds is 4. The van der Waals surface area contributed by atoms with Crippen LogP contribution in [0.5, 0.6) is 0 Å². The van der Waals surface area contributed by atoms with Gasteiger partial charge in [0.25, 0.3) is 0 Å². The third kappa shape index (κ3) is 5.78. The van der Waals surface area contributed by atoms with E-state index in [1.54, 1.807) is 12.1 Å². The Morgan fingerprint density at radius 1 is 1.12 bits per heavy atom. The van der Waals surface area contributed by atoms with Gasteiger partial charge in [-0.1, -0.05) is 48.2 Å². The summed E-state index contributed by atoms with van der Waals surface area (Å²) in [5.41, 5.74) is 1.47. The van der Waals surface area contributed by atoms with Gasteiger partial charge < -0.3 is 10.1 Å². The van der Waals surface area contributed by atoms with E-state index in [1.165, 1.54) is 12.1 Å². The van der Waals surface area contributed by atoms with Crippen molar-refractivity contribution in [1.82, 2.24) is 5.32 Å². The highest BCUT2D eigenvalue weighted by Crippen LogP contribution is 2.10. The van der Waals surface area contributed by atoms with Crippen LogP contribution in [-0.4, -0.2) is 27.3 Å². The molecule has 0 aromatic heterocycles. The highest BCUT2D eigenvalue weighted by atomic mass is 32.2. The minimum atomic E-state index is -3.26. The predicted molar refractivity (Wildman–Crippen MR) is 91.1 cm³/mol. The first-order valence-electron chi connectivity index (χ1n) is 7.19. The van der Waals surface area contributed by atoms with Crippen molar-refractivity contribution in [1.29, 1.82) is 0 Å². The first-order chi connectivity index (χ1) is 11.4. The number of benzene rings is 2. The van der Waals surface area contributed by atoms with Crippen LogP contribution in [0.2, 0.25) is 0 Å². The Labute approximate surface area is 141 Å². The van der Waals surface area contributed by atoms with E-state index in [2.05, 4.69) is 17.2 Å². The first kappa shape index (κ1) is 17.6. The van der Waals surface area contributed by atoms with Crippen LogP contribution < -0.4 is 5.32 Å². The molecule has 5 nitrogen and oxygen atoms in total. The molecule has 2 aromatic rings. The molecule has 2 rings (SSSR count). The summed E-state index contributed by atoms with van der Waals surface area (Å²) in [5.74, 6) is 5.55. The summed E-state index contributed by atoms with van der Waals surface area (Å²) in [7, 11) is -3.26. The molecular formula is C18H17NO4S. The quantitative estimate of drug-likeness (QED) is 0.865. The minimum absolute atomic E-state index is 0.108. The van der Waals surface area contributed by atoms with Crippen LogP contribution in [0.3, 0.4) is 0 Å². The Kier molecular flexibility index (Phi) is 5.99. The van der Waals surface area contributed by atoms with Crippen molar-refractivity contribution in [2.45, 2.75) is 11.5 Å². The maximum atomic E-state index is 11.5. The summed E-state index contributed by atoms with van der Waals surface area (Å²) in [5, 5.41) is 2.51. The van der Waals surface area contributed by atoms with Gasteiger partial charge >= 0.3 is 6.09 Å². The maximum absolute atomic E-state index is 11.5. The van der Waals surface area contributed by atoms with Crippen molar-refractivity contribution >= 4 is 15.9 Å². The number of carbonyl (C=O) groups is 1. The zero-order chi connectivity index (χ0) is 17.4. The lowest BCUT2D eigenvalue weighted by atomic mass is 10.2. The summed E-state index contributed by atoms with van der Waals surface area (Å²) in [6.45, 7) is 0.299. The van der Waals surface area contributed by atoms with E-state index >= 15 is 0 Å². The number of hydrogen-bond donors (Lipinski definition) is 1. The van der Waals surface area contributed by atoms with Gasteiger partial charge in [-0.15, -0.1) is 0 Å². The highest BCUT2D eigenvalue weighted by Gasteiger charge is 2.06. The molecule has 0 unspecified atom stereocenters. The Balaban J connectivity index is 1.82. The van der Waals surface area contributed by atoms with Gasteiger partial charge in [0.2, 0.25) is 0 Å². The van der Waals surface area contributed by atoms with E-state index in [1.807, 2.05) is 30.3 Å². The molecule has 0 heterocycles. The van der Waals surface area contributed by atoms with Crippen LogP contribution in [-0.2, 0) is 21.2 Å².